The smallest absolute Gasteiger partial charge is 0.255 e. The second kappa shape index (κ2) is 20.7. The molecule has 0 radical (unpaired) electrons. The number of phenolic OH excluding ortho intramolecular Hbond substituents is 6. The van der Waals surface area contributed by atoms with Crippen molar-refractivity contribution >= 4 is 69.2 Å². The molecule has 0 heterocycles. The molecule has 0 aliphatic rings. The third-order valence-electron chi connectivity index (χ3n) is 7.32. The molecule has 0 aliphatic heterocycles. The SMILES string of the molecule is CNc1cc(NC(=O)CC(C)=O)c(O)cc1O.CNc1cc(O)c(NC(=O)CC(C)=O)cc1O.CNc1cc(O)c(NC(=O)c2ccc(C(C)=O)cc2)cc1O. The van der Waals surface area contributed by atoms with E-state index in [2.05, 4.69) is 31.9 Å². The number of anilines is 6. The third-order valence-corrected chi connectivity index (χ3v) is 7.32. The molecule has 0 fully saturated rings. The lowest BCUT2D eigenvalue weighted by Crippen LogP contribution is -2.14. The lowest BCUT2D eigenvalue weighted by molar-refractivity contribution is -0.125. The van der Waals surface area contributed by atoms with Gasteiger partial charge in [-0.15, -0.1) is 0 Å². The van der Waals surface area contributed by atoms with Gasteiger partial charge in [-0.1, -0.05) is 12.1 Å². The van der Waals surface area contributed by atoms with Crippen LogP contribution >= 0.6 is 0 Å². The number of Topliss-reactive ketones (excluding diaryl/α,β-unsaturated/α-hetero) is 3. The summed E-state index contributed by atoms with van der Waals surface area (Å²) in [5, 5.41) is 72.9. The quantitative estimate of drug-likeness (QED) is 0.0401. The fraction of sp³-hybridized carbons (Fsp3) is 0.211. The zero-order chi connectivity index (χ0) is 42.3. The highest BCUT2D eigenvalue weighted by molar-refractivity contribution is 6.07. The van der Waals surface area contributed by atoms with Gasteiger partial charge in [0.05, 0.1) is 47.0 Å². The number of aromatic hydroxyl groups is 6. The normalized spacial score (nSPS) is 9.89. The first-order valence-electron chi connectivity index (χ1n) is 16.5. The van der Waals surface area contributed by atoms with Crippen LogP contribution in [-0.2, 0) is 19.2 Å². The molecule has 4 aromatic rings. The Bertz CT molecular complexity index is 2100. The lowest BCUT2D eigenvalue weighted by Gasteiger charge is -2.11. The molecule has 0 aliphatic carbocycles. The minimum atomic E-state index is -0.538. The van der Waals surface area contributed by atoms with Crippen molar-refractivity contribution in [3.63, 3.8) is 0 Å². The predicted octanol–water partition coefficient (Wildman–Crippen LogP) is 4.71. The van der Waals surface area contributed by atoms with Crippen LogP contribution in [0, 0.1) is 0 Å². The van der Waals surface area contributed by atoms with E-state index < -0.39 is 17.7 Å². The van der Waals surface area contributed by atoms with Gasteiger partial charge >= 0.3 is 0 Å². The van der Waals surface area contributed by atoms with Crippen molar-refractivity contribution < 1.29 is 59.4 Å². The van der Waals surface area contributed by atoms with Gasteiger partial charge in [-0.25, -0.2) is 0 Å². The highest BCUT2D eigenvalue weighted by atomic mass is 16.3. The first-order chi connectivity index (χ1) is 26.3. The van der Waals surface area contributed by atoms with Gasteiger partial charge in [0, 0.05) is 62.6 Å². The minimum absolute atomic E-state index is 0.0627. The van der Waals surface area contributed by atoms with Crippen molar-refractivity contribution in [1.29, 1.82) is 0 Å². The molecule has 4 aromatic carbocycles. The number of nitrogens with one attached hydrogen (secondary N) is 6. The first kappa shape index (κ1) is 44.7. The molecule has 18 nitrogen and oxygen atoms in total. The highest BCUT2D eigenvalue weighted by Crippen LogP contribution is 2.36. The van der Waals surface area contributed by atoms with E-state index in [0.717, 1.165) is 6.07 Å². The Hall–Kier alpha value is -7.50. The summed E-state index contributed by atoms with van der Waals surface area (Å²) in [7, 11) is 4.78. The molecular weight excluding hydrogens is 732 g/mol. The van der Waals surface area contributed by atoms with Crippen LogP contribution in [0.5, 0.6) is 34.5 Å². The number of hydrogen-bond acceptors (Lipinski definition) is 15. The van der Waals surface area contributed by atoms with Crippen molar-refractivity contribution in [3.8, 4) is 34.5 Å². The van der Waals surface area contributed by atoms with Crippen molar-refractivity contribution in [2.24, 2.45) is 0 Å². The summed E-state index contributed by atoms with van der Waals surface area (Å²) in [5.41, 5.74) is 2.19. The van der Waals surface area contributed by atoms with Gasteiger partial charge in [0.25, 0.3) is 5.91 Å². The second-order valence-corrected chi connectivity index (χ2v) is 11.9. The largest absolute Gasteiger partial charge is 0.506 e. The maximum Gasteiger partial charge on any atom is 0.255 e. The summed E-state index contributed by atoms with van der Waals surface area (Å²) < 4.78 is 0. The Morgan fingerprint density at radius 1 is 0.429 bits per heavy atom. The Balaban J connectivity index is 0.000000294. The third kappa shape index (κ3) is 13.5. The Labute approximate surface area is 321 Å². The van der Waals surface area contributed by atoms with E-state index in [4.69, 9.17) is 0 Å². The van der Waals surface area contributed by atoms with Gasteiger partial charge in [0.2, 0.25) is 11.8 Å². The van der Waals surface area contributed by atoms with Crippen LogP contribution in [0.2, 0.25) is 0 Å². The monoisotopic (exact) mass is 776 g/mol. The molecule has 0 saturated heterocycles. The number of carbonyl (C=O) groups is 6. The summed E-state index contributed by atoms with van der Waals surface area (Å²) in [6, 6.07) is 13.7. The van der Waals surface area contributed by atoms with Crippen molar-refractivity contribution in [1.82, 2.24) is 0 Å². The van der Waals surface area contributed by atoms with Crippen LogP contribution in [0.3, 0.4) is 0 Å². The standard InChI is InChI=1S/C16H16N2O4.2C11H14N2O4/c1-9(19)10-3-5-11(6-4-10)16(22)18-13-8-14(20)12(17-2)7-15(13)21;1-6(14)3-11(17)13-8-5-9(15)7(12-2)4-10(8)16;1-6(14)3-11(17)13-8-4-7(12-2)9(15)5-10(8)16/h3-8,17,20-21H,1-2H3,(H,18,22);2*4-5,12,15-16H,3H2,1-2H3,(H,13,17). The summed E-state index contributed by atoms with van der Waals surface area (Å²) in [5.74, 6) is -3.10. The van der Waals surface area contributed by atoms with E-state index in [9.17, 15) is 59.4 Å². The van der Waals surface area contributed by atoms with Gasteiger partial charge in [0.1, 0.15) is 46.1 Å². The molecule has 18 heteroatoms. The number of rotatable bonds is 12. The first-order valence-corrected chi connectivity index (χ1v) is 16.5. The summed E-state index contributed by atoms with van der Waals surface area (Å²) in [4.78, 5) is 67.4. The lowest BCUT2D eigenvalue weighted by atomic mass is 10.1. The van der Waals surface area contributed by atoms with Crippen LogP contribution < -0.4 is 31.9 Å². The maximum atomic E-state index is 12.1. The van der Waals surface area contributed by atoms with Gasteiger partial charge in [-0.05, 0) is 39.0 Å². The van der Waals surface area contributed by atoms with E-state index in [1.54, 1.807) is 33.3 Å². The molecule has 0 spiro atoms. The van der Waals surface area contributed by atoms with E-state index >= 15 is 0 Å². The zero-order valence-corrected chi connectivity index (χ0v) is 31.3. The average Bonchev–Trinajstić information content (AvgIpc) is 3.12. The van der Waals surface area contributed by atoms with Crippen LogP contribution in [0.15, 0.2) is 60.7 Å². The molecule has 298 valence electrons. The number of amides is 3. The fourth-order valence-electron chi connectivity index (χ4n) is 4.52. The summed E-state index contributed by atoms with van der Waals surface area (Å²) in [6.45, 7) is 4.04. The molecule has 3 amide bonds. The molecule has 12 N–H and O–H groups in total. The summed E-state index contributed by atoms with van der Waals surface area (Å²) >= 11 is 0. The van der Waals surface area contributed by atoms with Gasteiger partial charge in [0.15, 0.2) is 5.78 Å². The van der Waals surface area contributed by atoms with Crippen molar-refractivity contribution in [3.05, 3.63) is 71.8 Å². The van der Waals surface area contributed by atoms with Crippen LogP contribution in [0.4, 0.5) is 34.1 Å². The van der Waals surface area contributed by atoms with Crippen molar-refractivity contribution in [2.75, 3.05) is 53.0 Å². The second-order valence-electron chi connectivity index (χ2n) is 11.9. The molecule has 56 heavy (non-hydrogen) atoms. The molecule has 0 bridgehead atoms. The van der Waals surface area contributed by atoms with Gasteiger partial charge < -0.3 is 62.5 Å². The van der Waals surface area contributed by atoms with E-state index in [1.807, 2.05) is 0 Å². The van der Waals surface area contributed by atoms with Crippen LogP contribution in [0.25, 0.3) is 0 Å². The van der Waals surface area contributed by atoms with Crippen LogP contribution in [-0.4, -0.2) is 86.9 Å². The van der Waals surface area contributed by atoms with E-state index in [0.29, 0.717) is 28.2 Å². The predicted molar refractivity (Wildman–Crippen MR) is 210 cm³/mol. The molecule has 0 atom stereocenters. The Kier molecular flexibility index (Phi) is 16.5. The number of benzene rings is 4. The Morgan fingerprint density at radius 3 is 1.12 bits per heavy atom. The van der Waals surface area contributed by atoms with Gasteiger partial charge in [-0.2, -0.15) is 0 Å². The molecule has 0 aromatic heterocycles. The minimum Gasteiger partial charge on any atom is -0.506 e. The molecular formula is C38H44N6O12. The van der Waals surface area contributed by atoms with E-state index in [-0.39, 0.29) is 81.8 Å². The number of phenols is 6. The topological polar surface area (TPSA) is 296 Å². The maximum absolute atomic E-state index is 12.1. The zero-order valence-electron chi connectivity index (χ0n) is 31.3. The fourth-order valence-corrected chi connectivity index (χ4v) is 4.52. The molecule has 0 saturated carbocycles. The highest BCUT2D eigenvalue weighted by Gasteiger charge is 2.15. The molecule has 4 rings (SSSR count). The van der Waals surface area contributed by atoms with Crippen molar-refractivity contribution in [2.45, 2.75) is 33.6 Å². The Morgan fingerprint density at radius 2 is 0.732 bits per heavy atom. The number of hydrogen-bond donors (Lipinski definition) is 12. The van der Waals surface area contributed by atoms with Crippen LogP contribution in [0.1, 0.15) is 54.3 Å². The average molecular weight is 777 g/mol. The van der Waals surface area contributed by atoms with E-state index in [1.165, 1.54) is 63.2 Å². The summed E-state index contributed by atoms with van der Waals surface area (Å²) in [6.07, 6.45) is -0.525. The van der Waals surface area contributed by atoms with Gasteiger partial charge in [-0.3, -0.25) is 28.8 Å². The molecule has 0 unspecified atom stereocenters. The number of carbonyl (C=O) groups excluding carboxylic acids is 6. The number of ketones is 3.